The van der Waals surface area contributed by atoms with Crippen molar-refractivity contribution in [2.45, 2.75) is 38.2 Å². The molecule has 0 N–H and O–H groups in total. The van der Waals surface area contributed by atoms with Gasteiger partial charge in [0.05, 0.1) is 29.3 Å². The molecule has 0 saturated heterocycles. The Bertz CT molecular complexity index is 1330. The Morgan fingerprint density at radius 3 is 2.72 bits per heavy atom. The summed E-state index contributed by atoms with van der Waals surface area (Å²) in [6.45, 7) is 6.69. The average molecular weight is 514 g/mol. The van der Waals surface area contributed by atoms with Gasteiger partial charge in [-0.2, -0.15) is 0 Å². The normalized spacial score (nSPS) is 11.4. The molecule has 2 heterocycles. The lowest BCUT2D eigenvalue weighted by molar-refractivity contribution is 0.414. The number of nitrogens with zero attached hydrogens (tertiary/aromatic N) is 3. The summed E-state index contributed by atoms with van der Waals surface area (Å²) in [5.41, 5.74) is 2.28. The van der Waals surface area contributed by atoms with Crippen LogP contribution in [0.1, 0.15) is 25.3 Å². The number of para-hydroxylation sites is 1. The minimum atomic E-state index is -0.0109. The Labute approximate surface area is 199 Å². The third kappa shape index (κ3) is 4.61. The van der Waals surface area contributed by atoms with Gasteiger partial charge >= 0.3 is 0 Å². The van der Waals surface area contributed by atoms with E-state index in [0.29, 0.717) is 45.9 Å². The number of benzene rings is 2. The second-order valence-electron chi connectivity index (χ2n) is 7.88. The lowest BCUT2D eigenvalue weighted by Gasteiger charge is -2.14. The number of oxazole rings is 1. The van der Waals surface area contributed by atoms with E-state index in [1.54, 1.807) is 11.7 Å². The molecular formula is C24H24BrN3O3S. The van der Waals surface area contributed by atoms with Crippen LogP contribution in [0.5, 0.6) is 5.75 Å². The van der Waals surface area contributed by atoms with Gasteiger partial charge in [-0.15, -0.1) is 0 Å². The summed E-state index contributed by atoms with van der Waals surface area (Å²) in [5.74, 6) is 2.78. The first-order chi connectivity index (χ1) is 15.4. The molecule has 0 amide bonds. The number of aryl methyl sites for hydroxylation is 1. The SMILES string of the molecule is COc1ccc(Br)cc1-c1nc(CSc2nc3ccccc3c(=O)n2CC(C)C)c(C)o1. The van der Waals surface area contributed by atoms with Gasteiger partial charge in [-0.1, -0.05) is 53.7 Å². The molecule has 0 atom stereocenters. The van der Waals surface area contributed by atoms with Crippen molar-refractivity contribution < 1.29 is 9.15 Å². The van der Waals surface area contributed by atoms with E-state index in [0.717, 1.165) is 21.5 Å². The first-order valence-electron chi connectivity index (χ1n) is 10.3. The number of hydrogen-bond acceptors (Lipinski definition) is 6. The molecular weight excluding hydrogens is 490 g/mol. The Kier molecular flexibility index (Phi) is 6.71. The lowest BCUT2D eigenvalue weighted by atomic mass is 10.2. The minimum absolute atomic E-state index is 0.0109. The number of fused-ring (bicyclic) bond motifs is 1. The van der Waals surface area contributed by atoms with Crippen LogP contribution >= 0.6 is 27.7 Å². The Morgan fingerprint density at radius 1 is 1.19 bits per heavy atom. The number of rotatable bonds is 7. The third-order valence-electron chi connectivity index (χ3n) is 5.00. The fraction of sp³-hybridized carbons (Fsp3) is 0.292. The highest BCUT2D eigenvalue weighted by atomic mass is 79.9. The number of aromatic nitrogens is 3. The molecule has 2 aromatic carbocycles. The van der Waals surface area contributed by atoms with E-state index in [1.165, 1.54) is 11.8 Å². The molecule has 0 aliphatic carbocycles. The van der Waals surface area contributed by atoms with Gasteiger partial charge in [0.1, 0.15) is 11.5 Å². The predicted octanol–water partition coefficient (Wildman–Crippen LogP) is 6.08. The second-order valence-corrected chi connectivity index (χ2v) is 9.73. The van der Waals surface area contributed by atoms with E-state index in [1.807, 2.05) is 49.4 Å². The van der Waals surface area contributed by atoms with Gasteiger partial charge in [0, 0.05) is 16.8 Å². The van der Waals surface area contributed by atoms with Crippen LogP contribution in [0.2, 0.25) is 0 Å². The van der Waals surface area contributed by atoms with Crippen LogP contribution in [0.3, 0.4) is 0 Å². The average Bonchev–Trinajstić information content (AvgIpc) is 3.14. The van der Waals surface area contributed by atoms with Crippen LogP contribution in [0.4, 0.5) is 0 Å². The Hall–Kier alpha value is -2.58. The Morgan fingerprint density at radius 2 is 1.97 bits per heavy atom. The molecule has 0 saturated carbocycles. The highest BCUT2D eigenvalue weighted by Crippen LogP contribution is 2.34. The predicted molar refractivity (Wildman–Crippen MR) is 131 cm³/mol. The zero-order chi connectivity index (χ0) is 22.8. The monoisotopic (exact) mass is 513 g/mol. The maximum atomic E-state index is 13.1. The van der Waals surface area contributed by atoms with Crippen LogP contribution in [-0.4, -0.2) is 21.6 Å². The fourth-order valence-electron chi connectivity index (χ4n) is 3.44. The highest BCUT2D eigenvalue weighted by molar-refractivity contribution is 9.10. The standard InChI is InChI=1S/C24H24BrN3O3S/c1-14(2)12-28-23(29)17-7-5-6-8-19(17)27-24(28)32-13-20-15(3)31-22(26-20)18-11-16(25)9-10-21(18)30-4/h5-11,14H,12-13H2,1-4H3. The largest absolute Gasteiger partial charge is 0.496 e. The van der Waals surface area contributed by atoms with E-state index in [4.69, 9.17) is 19.1 Å². The maximum Gasteiger partial charge on any atom is 0.262 e. The number of hydrogen-bond donors (Lipinski definition) is 0. The first kappa shape index (κ1) is 22.6. The van der Waals surface area contributed by atoms with Crippen LogP contribution in [0.15, 0.2) is 61.3 Å². The van der Waals surface area contributed by atoms with E-state index in [2.05, 4.69) is 29.8 Å². The van der Waals surface area contributed by atoms with Crippen LogP contribution < -0.4 is 10.3 Å². The van der Waals surface area contributed by atoms with Crippen molar-refractivity contribution in [1.82, 2.24) is 14.5 Å². The fourth-order valence-corrected chi connectivity index (χ4v) is 4.81. The quantitative estimate of drug-likeness (QED) is 0.220. The van der Waals surface area contributed by atoms with Gasteiger partial charge in [0.2, 0.25) is 5.89 Å². The Balaban J connectivity index is 1.67. The van der Waals surface area contributed by atoms with Gasteiger partial charge < -0.3 is 9.15 Å². The second kappa shape index (κ2) is 9.50. The molecule has 0 radical (unpaired) electrons. The molecule has 0 fully saturated rings. The summed E-state index contributed by atoms with van der Waals surface area (Å²) in [6, 6.07) is 13.2. The first-order valence-corrected chi connectivity index (χ1v) is 12.1. The number of ether oxygens (including phenoxy) is 1. The molecule has 0 unspecified atom stereocenters. The van der Waals surface area contributed by atoms with E-state index in [-0.39, 0.29) is 5.56 Å². The number of thioether (sulfide) groups is 1. The molecule has 4 rings (SSSR count). The van der Waals surface area contributed by atoms with E-state index in [9.17, 15) is 4.79 Å². The minimum Gasteiger partial charge on any atom is -0.496 e. The summed E-state index contributed by atoms with van der Waals surface area (Å²) >= 11 is 4.99. The highest BCUT2D eigenvalue weighted by Gasteiger charge is 2.18. The summed E-state index contributed by atoms with van der Waals surface area (Å²) in [4.78, 5) is 22.6. The molecule has 32 heavy (non-hydrogen) atoms. The van der Waals surface area contributed by atoms with Crippen molar-refractivity contribution in [2.75, 3.05) is 7.11 Å². The van der Waals surface area contributed by atoms with Crippen molar-refractivity contribution in [1.29, 1.82) is 0 Å². The summed E-state index contributed by atoms with van der Waals surface area (Å²) in [7, 11) is 1.62. The van der Waals surface area contributed by atoms with Crippen LogP contribution in [0, 0.1) is 12.8 Å². The molecule has 0 aliphatic rings. The number of methoxy groups -OCH3 is 1. The van der Waals surface area contributed by atoms with Crippen molar-refractivity contribution in [3.05, 3.63) is 68.7 Å². The topological polar surface area (TPSA) is 70.2 Å². The van der Waals surface area contributed by atoms with Crippen molar-refractivity contribution in [3.63, 3.8) is 0 Å². The van der Waals surface area contributed by atoms with Gasteiger partial charge in [0.15, 0.2) is 5.16 Å². The van der Waals surface area contributed by atoms with Crippen LogP contribution in [0.25, 0.3) is 22.4 Å². The van der Waals surface area contributed by atoms with E-state index < -0.39 is 0 Å². The molecule has 166 valence electrons. The lowest BCUT2D eigenvalue weighted by Crippen LogP contribution is -2.25. The van der Waals surface area contributed by atoms with Gasteiger partial charge in [0.25, 0.3) is 5.56 Å². The third-order valence-corrected chi connectivity index (χ3v) is 6.48. The van der Waals surface area contributed by atoms with Gasteiger partial charge in [-0.25, -0.2) is 9.97 Å². The number of halogens is 1. The van der Waals surface area contributed by atoms with Crippen molar-refractivity contribution in [2.24, 2.45) is 5.92 Å². The zero-order valence-electron chi connectivity index (χ0n) is 18.4. The van der Waals surface area contributed by atoms with Crippen molar-refractivity contribution in [3.8, 4) is 17.2 Å². The smallest absolute Gasteiger partial charge is 0.262 e. The molecule has 0 bridgehead atoms. The van der Waals surface area contributed by atoms with Crippen molar-refractivity contribution >= 4 is 38.6 Å². The summed E-state index contributed by atoms with van der Waals surface area (Å²) < 4.78 is 14.1. The van der Waals surface area contributed by atoms with Gasteiger partial charge in [-0.3, -0.25) is 9.36 Å². The molecule has 0 aliphatic heterocycles. The summed E-state index contributed by atoms with van der Waals surface area (Å²) in [6.07, 6.45) is 0. The molecule has 2 aromatic heterocycles. The van der Waals surface area contributed by atoms with Crippen LogP contribution in [-0.2, 0) is 12.3 Å². The van der Waals surface area contributed by atoms with Gasteiger partial charge in [-0.05, 0) is 43.2 Å². The molecule has 6 nitrogen and oxygen atoms in total. The zero-order valence-corrected chi connectivity index (χ0v) is 20.8. The molecule has 8 heteroatoms. The maximum absolute atomic E-state index is 13.1. The molecule has 4 aromatic rings. The summed E-state index contributed by atoms with van der Waals surface area (Å²) in [5, 5.41) is 1.32. The van der Waals surface area contributed by atoms with E-state index >= 15 is 0 Å². The molecule has 0 spiro atoms.